The fraction of sp³-hybridized carbons (Fsp3) is 0.182. The highest BCUT2D eigenvalue weighted by molar-refractivity contribution is 7.17. The monoisotopic (exact) mass is 248 g/mol. The van der Waals surface area contributed by atoms with Crippen molar-refractivity contribution in [1.82, 2.24) is 10.2 Å². The average molecular weight is 248 g/mol. The van der Waals surface area contributed by atoms with Crippen LogP contribution in [0.5, 0.6) is 0 Å². The van der Waals surface area contributed by atoms with Gasteiger partial charge in [0.1, 0.15) is 0 Å². The van der Waals surface area contributed by atoms with Gasteiger partial charge < -0.3 is 10.2 Å². The van der Waals surface area contributed by atoms with E-state index in [1.165, 1.54) is 11.3 Å². The molecule has 1 heterocycles. The molecule has 0 atom stereocenters. The first-order valence-electron chi connectivity index (χ1n) is 5.06. The van der Waals surface area contributed by atoms with Crippen LogP contribution in [0, 0.1) is 0 Å². The van der Waals surface area contributed by atoms with Gasteiger partial charge in [0.05, 0.1) is 0 Å². The highest BCUT2D eigenvalue weighted by Gasteiger charge is 2.17. The Hall–Kier alpha value is -1.95. The smallest absolute Gasteiger partial charge is 0.289 e. The molecule has 2 aromatic rings. The van der Waals surface area contributed by atoms with Crippen molar-refractivity contribution in [3.63, 3.8) is 0 Å². The number of hydrogen-bond acceptors (Lipinski definition) is 5. The van der Waals surface area contributed by atoms with Crippen LogP contribution in [0.1, 0.15) is 9.80 Å². The number of carbonyl (C=O) groups excluding carboxylic acids is 1. The quantitative estimate of drug-likeness (QED) is 0.900. The molecule has 2 rings (SSSR count). The van der Waals surface area contributed by atoms with E-state index in [0.717, 1.165) is 5.69 Å². The Morgan fingerprint density at radius 3 is 2.59 bits per heavy atom. The number of nitrogens with zero attached hydrogens (tertiary/aromatic N) is 3. The van der Waals surface area contributed by atoms with Gasteiger partial charge in [-0.15, -0.1) is 10.2 Å². The maximum Gasteiger partial charge on any atom is 0.289 e. The standard InChI is InChI=1S/C11H12N4OS/c1-12-11-14-13-9(17-11)10(16)15(2)8-6-4-3-5-7-8/h3-7H,1-2H3,(H,12,14). The molecule has 6 heteroatoms. The Morgan fingerprint density at radius 2 is 2.00 bits per heavy atom. The van der Waals surface area contributed by atoms with Crippen LogP contribution in [-0.2, 0) is 0 Å². The van der Waals surface area contributed by atoms with E-state index in [1.807, 2.05) is 30.3 Å². The minimum Gasteiger partial charge on any atom is -0.363 e. The van der Waals surface area contributed by atoms with Gasteiger partial charge >= 0.3 is 0 Å². The highest BCUT2D eigenvalue weighted by atomic mass is 32.1. The van der Waals surface area contributed by atoms with Crippen molar-refractivity contribution in [3.8, 4) is 0 Å². The van der Waals surface area contributed by atoms with E-state index >= 15 is 0 Å². The van der Waals surface area contributed by atoms with Gasteiger partial charge in [-0.2, -0.15) is 0 Å². The van der Waals surface area contributed by atoms with E-state index in [9.17, 15) is 4.79 Å². The van der Waals surface area contributed by atoms with Gasteiger partial charge in [-0.05, 0) is 12.1 Å². The average Bonchev–Trinajstić information content (AvgIpc) is 2.87. The first-order chi connectivity index (χ1) is 8.22. The Bertz CT molecular complexity index is 511. The molecule has 88 valence electrons. The van der Waals surface area contributed by atoms with Crippen molar-refractivity contribution in [2.75, 3.05) is 24.3 Å². The Balaban J connectivity index is 2.20. The molecule has 1 N–H and O–H groups in total. The minimum atomic E-state index is -0.157. The van der Waals surface area contributed by atoms with Crippen molar-refractivity contribution in [3.05, 3.63) is 35.3 Å². The van der Waals surface area contributed by atoms with Crippen molar-refractivity contribution >= 4 is 28.1 Å². The van der Waals surface area contributed by atoms with Crippen molar-refractivity contribution in [1.29, 1.82) is 0 Å². The van der Waals surface area contributed by atoms with E-state index in [-0.39, 0.29) is 5.91 Å². The van der Waals surface area contributed by atoms with Crippen molar-refractivity contribution in [2.24, 2.45) is 0 Å². The summed E-state index contributed by atoms with van der Waals surface area (Å²) >= 11 is 1.24. The number of nitrogens with one attached hydrogen (secondary N) is 1. The minimum absolute atomic E-state index is 0.157. The molecule has 0 saturated heterocycles. The largest absolute Gasteiger partial charge is 0.363 e. The zero-order chi connectivity index (χ0) is 12.3. The van der Waals surface area contributed by atoms with Crippen LogP contribution in [0.15, 0.2) is 30.3 Å². The number of hydrogen-bond donors (Lipinski definition) is 1. The maximum atomic E-state index is 12.1. The molecule has 0 spiro atoms. The summed E-state index contributed by atoms with van der Waals surface area (Å²) < 4.78 is 0. The van der Waals surface area contributed by atoms with Crippen molar-refractivity contribution in [2.45, 2.75) is 0 Å². The van der Waals surface area contributed by atoms with Gasteiger partial charge in [-0.25, -0.2) is 0 Å². The zero-order valence-corrected chi connectivity index (χ0v) is 10.4. The first-order valence-corrected chi connectivity index (χ1v) is 5.88. The number of carbonyl (C=O) groups is 1. The fourth-order valence-electron chi connectivity index (χ4n) is 1.32. The van der Waals surface area contributed by atoms with Crippen molar-refractivity contribution < 1.29 is 4.79 Å². The molecule has 0 aliphatic rings. The first kappa shape index (κ1) is 11.5. The molecular formula is C11H12N4OS. The predicted molar refractivity (Wildman–Crippen MR) is 68.6 cm³/mol. The second kappa shape index (κ2) is 4.92. The van der Waals surface area contributed by atoms with Gasteiger partial charge in [0, 0.05) is 19.8 Å². The SMILES string of the molecule is CNc1nnc(C(=O)N(C)c2ccccc2)s1. The number of rotatable bonds is 3. The lowest BCUT2D eigenvalue weighted by atomic mass is 10.3. The van der Waals surface area contributed by atoms with Gasteiger partial charge in [0.2, 0.25) is 10.1 Å². The van der Waals surface area contributed by atoms with E-state index < -0.39 is 0 Å². The molecule has 0 saturated carbocycles. The molecule has 1 aromatic carbocycles. The summed E-state index contributed by atoms with van der Waals surface area (Å²) in [6.45, 7) is 0. The second-order valence-electron chi connectivity index (χ2n) is 3.36. The summed E-state index contributed by atoms with van der Waals surface area (Å²) in [5, 5.41) is 11.6. The number of para-hydroxylation sites is 1. The molecule has 0 aliphatic heterocycles. The number of anilines is 2. The number of benzene rings is 1. The van der Waals surface area contributed by atoms with Crippen LogP contribution in [0.3, 0.4) is 0 Å². The molecule has 17 heavy (non-hydrogen) atoms. The highest BCUT2D eigenvalue weighted by Crippen LogP contribution is 2.19. The summed E-state index contributed by atoms with van der Waals surface area (Å²) in [7, 11) is 3.47. The van der Waals surface area contributed by atoms with Gasteiger partial charge in [-0.3, -0.25) is 4.79 Å². The third-order valence-electron chi connectivity index (χ3n) is 2.27. The second-order valence-corrected chi connectivity index (χ2v) is 4.34. The molecule has 0 bridgehead atoms. The topological polar surface area (TPSA) is 58.1 Å². The van der Waals surface area contributed by atoms with Crippen LogP contribution < -0.4 is 10.2 Å². The molecule has 0 unspecified atom stereocenters. The number of amides is 1. The van der Waals surface area contributed by atoms with Crippen LogP contribution in [-0.4, -0.2) is 30.2 Å². The Kier molecular flexibility index (Phi) is 3.34. The normalized spacial score (nSPS) is 10.0. The lowest BCUT2D eigenvalue weighted by Gasteiger charge is -2.14. The number of aromatic nitrogens is 2. The molecular weight excluding hydrogens is 236 g/mol. The summed E-state index contributed by atoms with van der Waals surface area (Å²) in [6.07, 6.45) is 0. The maximum absolute atomic E-state index is 12.1. The lowest BCUT2D eigenvalue weighted by molar-refractivity contribution is 0.0992. The lowest BCUT2D eigenvalue weighted by Crippen LogP contribution is -2.25. The molecule has 0 aliphatic carbocycles. The molecule has 0 fully saturated rings. The van der Waals surface area contributed by atoms with Crippen LogP contribution in [0.4, 0.5) is 10.8 Å². The van der Waals surface area contributed by atoms with E-state index in [4.69, 9.17) is 0 Å². The van der Waals surface area contributed by atoms with Crippen LogP contribution >= 0.6 is 11.3 Å². The van der Waals surface area contributed by atoms with Crippen LogP contribution in [0.25, 0.3) is 0 Å². The van der Waals surface area contributed by atoms with Gasteiger partial charge in [0.25, 0.3) is 5.91 Å². The summed E-state index contributed by atoms with van der Waals surface area (Å²) in [5.74, 6) is -0.157. The van der Waals surface area contributed by atoms with Gasteiger partial charge in [0.15, 0.2) is 0 Å². The van der Waals surface area contributed by atoms with E-state index in [0.29, 0.717) is 10.1 Å². The summed E-state index contributed by atoms with van der Waals surface area (Å²) in [4.78, 5) is 13.6. The summed E-state index contributed by atoms with van der Waals surface area (Å²) in [5.41, 5.74) is 0.832. The Morgan fingerprint density at radius 1 is 1.29 bits per heavy atom. The molecule has 1 amide bonds. The summed E-state index contributed by atoms with van der Waals surface area (Å²) in [6, 6.07) is 9.43. The molecule has 0 radical (unpaired) electrons. The molecule has 1 aromatic heterocycles. The van der Waals surface area contributed by atoms with Gasteiger partial charge in [-0.1, -0.05) is 29.5 Å². The van der Waals surface area contributed by atoms with Crippen LogP contribution in [0.2, 0.25) is 0 Å². The van der Waals surface area contributed by atoms with E-state index in [2.05, 4.69) is 15.5 Å². The third kappa shape index (κ3) is 2.42. The predicted octanol–water partition coefficient (Wildman–Crippen LogP) is 1.86. The Labute approximate surface area is 103 Å². The zero-order valence-electron chi connectivity index (χ0n) is 9.54. The molecule has 5 nitrogen and oxygen atoms in total. The van der Waals surface area contributed by atoms with E-state index in [1.54, 1.807) is 19.0 Å². The fourth-order valence-corrected chi connectivity index (χ4v) is 2.00. The third-order valence-corrected chi connectivity index (χ3v) is 3.20.